The molecule has 0 spiro atoms. The van der Waals surface area contributed by atoms with Gasteiger partial charge in [-0.1, -0.05) is 0 Å². The van der Waals surface area contributed by atoms with Crippen molar-refractivity contribution < 1.29 is 8.81 Å². The van der Waals surface area contributed by atoms with Gasteiger partial charge in [-0.3, -0.25) is 5.43 Å². The smallest absolute Gasteiger partial charge is 0.203 e. The molecule has 21 heavy (non-hydrogen) atoms. The summed E-state index contributed by atoms with van der Waals surface area (Å²) in [6.07, 6.45) is 1.60. The average molecular weight is 301 g/mol. The summed E-state index contributed by atoms with van der Waals surface area (Å²) in [6, 6.07) is 9.88. The summed E-state index contributed by atoms with van der Waals surface area (Å²) < 4.78 is 18.1. The molecule has 0 aliphatic carbocycles. The van der Waals surface area contributed by atoms with E-state index in [2.05, 4.69) is 15.5 Å². The molecule has 1 N–H and O–H groups in total. The maximum atomic E-state index is 12.9. The Hall–Kier alpha value is -2.47. The quantitative estimate of drug-likeness (QED) is 0.575. The molecule has 0 bridgehead atoms. The highest BCUT2D eigenvalue weighted by atomic mass is 32.1. The van der Waals surface area contributed by atoms with Crippen LogP contribution < -0.4 is 5.43 Å². The second-order valence-electron chi connectivity index (χ2n) is 4.33. The monoisotopic (exact) mass is 301 g/mol. The van der Waals surface area contributed by atoms with E-state index in [1.165, 1.54) is 23.5 Å². The van der Waals surface area contributed by atoms with Gasteiger partial charge < -0.3 is 4.42 Å². The second kappa shape index (κ2) is 5.88. The van der Waals surface area contributed by atoms with Crippen molar-refractivity contribution in [2.24, 2.45) is 5.10 Å². The molecule has 2 aromatic heterocycles. The van der Waals surface area contributed by atoms with Crippen LogP contribution in [-0.2, 0) is 0 Å². The standard InChI is InChI=1S/C15H12FN3OS/c1-10(14-3-2-8-20-14)18-19-15-17-13(9-21-15)11-4-6-12(16)7-5-11/h2-9H,1H3,(H,17,19)/b18-10+. The fourth-order valence-corrected chi connectivity index (χ4v) is 2.41. The normalized spacial score (nSPS) is 11.6. The number of rotatable bonds is 4. The van der Waals surface area contributed by atoms with Crippen molar-refractivity contribution in [2.75, 3.05) is 5.43 Å². The van der Waals surface area contributed by atoms with Crippen LogP contribution in [0.4, 0.5) is 9.52 Å². The molecule has 0 aliphatic rings. The van der Waals surface area contributed by atoms with E-state index in [-0.39, 0.29) is 5.82 Å². The van der Waals surface area contributed by atoms with E-state index < -0.39 is 0 Å². The highest BCUT2D eigenvalue weighted by Crippen LogP contribution is 2.25. The molecule has 0 atom stereocenters. The second-order valence-corrected chi connectivity index (χ2v) is 5.19. The lowest BCUT2D eigenvalue weighted by molar-refractivity contribution is 0.557. The van der Waals surface area contributed by atoms with Crippen molar-refractivity contribution in [1.29, 1.82) is 0 Å². The maximum absolute atomic E-state index is 12.9. The van der Waals surface area contributed by atoms with Crippen LogP contribution in [0.5, 0.6) is 0 Å². The van der Waals surface area contributed by atoms with Crippen molar-refractivity contribution in [3.63, 3.8) is 0 Å². The largest absolute Gasteiger partial charge is 0.463 e. The van der Waals surface area contributed by atoms with Crippen LogP contribution >= 0.6 is 11.3 Å². The van der Waals surface area contributed by atoms with Crippen molar-refractivity contribution in [1.82, 2.24) is 4.98 Å². The molecule has 4 nitrogen and oxygen atoms in total. The van der Waals surface area contributed by atoms with Crippen LogP contribution in [0.3, 0.4) is 0 Å². The first-order valence-electron chi connectivity index (χ1n) is 6.28. The first-order chi connectivity index (χ1) is 10.2. The Bertz CT molecular complexity index is 748. The van der Waals surface area contributed by atoms with Gasteiger partial charge in [-0.2, -0.15) is 5.10 Å². The third-order valence-corrected chi connectivity index (χ3v) is 3.59. The van der Waals surface area contributed by atoms with Gasteiger partial charge in [0.25, 0.3) is 0 Å². The van der Waals surface area contributed by atoms with Gasteiger partial charge in [0, 0.05) is 10.9 Å². The van der Waals surface area contributed by atoms with Crippen LogP contribution in [0.1, 0.15) is 12.7 Å². The molecule has 0 saturated carbocycles. The number of aromatic nitrogens is 1. The maximum Gasteiger partial charge on any atom is 0.203 e. The number of hydrazone groups is 1. The minimum absolute atomic E-state index is 0.258. The Balaban J connectivity index is 1.73. The Morgan fingerprint density at radius 3 is 2.81 bits per heavy atom. The Labute approximate surface area is 125 Å². The summed E-state index contributed by atoms with van der Waals surface area (Å²) in [6.45, 7) is 1.85. The Morgan fingerprint density at radius 1 is 1.29 bits per heavy atom. The molecule has 1 aromatic carbocycles. The summed E-state index contributed by atoms with van der Waals surface area (Å²) in [5, 5.41) is 6.78. The average Bonchev–Trinajstić information content (AvgIpc) is 3.17. The lowest BCUT2D eigenvalue weighted by atomic mass is 10.2. The lowest BCUT2D eigenvalue weighted by Gasteiger charge is -1.98. The predicted octanol–water partition coefficient (Wildman–Crippen LogP) is 4.38. The number of nitrogens with one attached hydrogen (secondary N) is 1. The van der Waals surface area contributed by atoms with Gasteiger partial charge in [-0.05, 0) is 43.3 Å². The van der Waals surface area contributed by atoms with Gasteiger partial charge in [0.15, 0.2) is 0 Å². The number of thiazole rings is 1. The molecule has 0 radical (unpaired) electrons. The zero-order valence-corrected chi connectivity index (χ0v) is 12.0. The van der Waals surface area contributed by atoms with Gasteiger partial charge >= 0.3 is 0 Å². The van der Waals surface area contributed by atoms with Gasteiger partial charge in [-0.25, -0.2) is 9.37 Å². The van der Waals surface area contributed by atoms with E-state index in [1.807, 2.05) is 24.4 Å². The molecule has 0 aliphatic heterocycles. The van der Waals surface area contributed by atoms with E-state index in [0.29, 0.717) is 10.9 Å². The first kappa shape index (κ1) is 13.5. The van der Waals surface area contributed by atoms with E-state index in [0.717, 1.165) is 17.0 Å². The summed E-state index contributed by atoms with van der Waals surface area (Å²) >= 11 is 1.43. The van der Waals surface area contributed by atoms with E-state index >= 15 is 0 Å². The molecule has 106 valence electrons. The number of anilines is 1. The van der Waals surface area contributed by atoms with Gasteiger partial charge in [-0.15, -0.1) is 11.3 Å². The Morgan fingerprint density at radius 2 is 2.10 bits per heavy atom. The molecule has 0 amide bonds. The molecular weight excluding hydrogens is 289 g/mol. The zero-order valence-electron chi connectivity index (χ0n) is 11.2. The molecule has 3 rings (SSSR count). The summed E-state index contributed by atoms with van der Waals surface area (Å²) in [5.41, 5.74) is 5.28. The summed E-state index contributed by atoms with van der Waals surface area (Å²) in [5.74, 6) is 0.448. The summed E-state index contributed by atoms with van der Waals surface area (Å²) in [7, 11) is 0. The lowest BCUT2D eigenvalue weighted by Crippen LogP contribution is -1.97. The number of hydrogen-bond acceptors (Lipinski definition) is 5. The molecule has 2 heterocycles. The SMILES string of the molecule is C/C(=N\Nc1nc(-c2ccc(F)cc2)cs1)c1ccco1. The summed E-state index contributed by atoms with van der Waals surface area (Å²) in [4.78, 5) is 4.41. The first-order valence-corrected chi connectivity index (χ1v) is 7.16. The third-order valence-electron chi connectivity index (χ3n) is 2.84. The Kier molecular flexibility index (Phi) is 3.79. The van der Waals surface area contributed by atoms with Gasteiger partial charge in [0.05, 0.1) is 12.0 Å². The van der Waals surface area contributed by atoms with Crippen molar-refractivity contribution in [3.05, 3.63) is 59.6 Å². The number of halogens is 1. The van der Waals surface area contributed by atoms with E-state index in [4.69, 9.17) is 4.42 Å². The molecule has 3 aromatic rings. The van der Waals surface area contributed by atoms with E-state index in [9.17, 15) is 4.39 Å². The molecular formula is C15H12FN3OS. The molecule has 6 heteroatoms. The van der Waals surface area contributed by atoms with Crippen molar-refractivity contribution in [3.8, 4) is 11.3 Å². The van der Waals surface area contributed by atoms with Crippen molar-refractivity contribution >= 4 is 22.2 Å². The van der Waals surface area contributed by atoms with Crippen LogP contribution in [0.15, 0.2) is 57.6 Å². The van der Waals surface area contributed by atoms with Gasteiger partial charge in [0.1, 0.15) is 17.3 Å². The highest BCUT2D eigenvalue weighted by Gasteiger charge is 2.05. The molecule has 0 fully saturated rings. The molecule has 0 saturated heterocycles. The fraction of sp³-hybridized carbons (Fsp3) is 0.0667. The van der Waals surface area contributed by atoms with Gasteiger partial charge in [0.2, 0.25) is 5.13 Å². The van der Waals surface area contributed by atoms with Crippen LogP contribution in [0.2, 0.25) is 0 Å². The molecule has 0 unspecified atom stereocenters. The third kappa shape index (κ3) is 3.17. The van der Waals surface area contributed by atoms with Crippen LogP contribution in [-0.4, -0.2) is 10.7 Å². The number of furan rings is 1. The number of benzene rings is 1. The predicted molar refractivity (Wildman–Crippen MR) is 82.0 cm³/mol. The van der Waals surface area contributed by atoms with E-state index in [1.54, 1.807) is 18.4 Å². The van der Waals surface area contributed by atoms with Crippen LogP contribution in [0.25, 0.3) is 11.3 Å². The number of nitrogens with zero attached hydrogens (tertiary/aromatic N) is 2. The minimum Gasteiger partial charge on any atom is -0.463 e. The highest BCUT2D eigenvalue weighted by molar-refractivity contribution is 7.14. The van der Waals surface area contributed by atoms with Crippen molar-refractivity contribution in [2.45, 2.75) is 6.92 Å². The minimum atomic E-state index is -0.258. The van der Waals surface area contributed by atoms with Crippen LogP contribution in [0, 0.1) is 5.82 Å². The zero-order chi connectivity index (χ0) is 14.7. The number of hydrogen-bond donors (Lipinski definition) is 1. The fourth-order valence-electron chi connectivity index (χ4n) is 1.75. The topological polar surface area (TPSA) is 50.4 Å².